The molecule has 0 atom stereocenters. The van der Waals surface area contributed by atoms with Gasteiger partial charge in [0.2, 0.25) is 0 Å². The number of unbranched alkanes of at least 4 members (excludes halogenated alkanes) is 9. The minimum atomic E-state index is -1.28. The van der Waals surface area contributed by atoms with Gasteiger partial charge in [-0.1, -0.05) is 84.2 Å². The molecule has 0 bridgehead atoms. The van der Waals surface area contributed by atoms with Crippen LogP contribution >= 0.6 is 11.1 Å². The summed E-state index contributed by atoms with van der Waals surface area (Å²) in [6.07, 6.45) is 14.2. The van der Waals surface area contributed by atoms with Crippen molar-refractivity contribution in [2.45, 2.75) is 90.3 Å². The lowest BCUT2D eigenvalue weighted by molar-refractivity contribution is 0.562. The van der Waals surface area contributed by atoms with Crippen LogP contribution in [-0.4, -0.2) is 7.38 Å². The lowest BCUT2D eigenvalue weighted by Crippen LogP contribution is -2.14. The summed E-state index contributed by atoms with van der Waals surface area (Å²) in [7, 11) is -1.28. The molecule has 0 aromatic carbocycles. The predicted octanol–water partition coefficient (Wildman–Crippen LogP) is 6.35. The SMILES string of the molecule is CCCCCCCCCCCC[Si](C)(C)Cl. The highest BCUT2D eigenvalue weighted by molar-refractivity contribution is 7.19. The van der Waals surface area contributed by atoms with E-state index in [9.17, 15) is 0 Å². The summed E-state index contributed by atoms with van der Waals surface area (Å²) >= 11 is 6.28. The van der Waals surface area contributed by atoms with E-state index in [1.54, 1.807) is 0 Å². The van der Waals surface area contributed by atoms with Crippen molar-refractivity contribution in [2.24, 2.45) is 0 Å². The van der Waals surface area contributed by atoms with Gasteiger partial charge in [0.15, 0.2) is 0 Å². The van der Waals surface area contributed by atoms with Crippen LogP contribution in [0.15, 0.2) is 0 Å². The first-order valence-corrected chi connectivity index (χ1v) is 11.5. The molecular formula is C14H31ClSi. The third-order valence-electron chi connectivity index (χ3n) is 3.12. The van der Waals surface area contributed by atoms with Gasteiger partial charge < -0.3 is 0 Å². The van der Waals surface area contributed by atoms with Crippen molar-refractivity contribution in [1.82, 2.24) is 0 Å². The molecule has 0 rings (SSSR count). The van der Waals surface area contributed by atoms with Crippen LogP contribution in [0.25, 0.3) is 0 Å². The minimum Gasteiger partial charge on any atom is -0.168 e. The van der Waals surface area contributed by atoms with Gasteiger partial charge in [0.25, 0.3) is 0 Å². The predicted molar refractivity (Wildman–Crippen MR) is 80.0 cm³/mol. The summed E-state index contributed by atoms with van der Waals surface area (Å²) in [5, 5.41) is 0. The van der Waals surface area contributed by atoms with E-state index >= 15 is 0 Å². The maximum atomic E-state index is 6.28. The molecule has 0 aliphatic rings. The molecule has 0 N–H and O–H groups in total. The van der Waals surface area contributed by atoms with Gasteiger partial charge in [-0.05, 0) is 6.04 Å². The third kappa shape index (κ3) is 14.5. The van der Waals surface area contributed by atoms with Crippen molar-refractivity contribution >= 4 is 18.5 Å². The molecule has 0 nitrogen and oxygen atoms in total. The number of hydrogen-bond acceptors (Lipinski definition) is 0. The Balaban J connectivity index is 2.99. The quantitative estimate of drug-likeness (QED) is 0.231. The summed E-state index contributed by atoms with van der Waals surface area (Å²) in [5.74, 6) is 0. The zero-order valence-corrected chi connectivity index (χ0v) is 13.4. The van der Waals surface area contributed by atoms with E-state index in [1.165, 1.54) is 70.3 Å². The first kappa shape index (κ1) is 16.5. The fourth-order valence-electron chi connectivity index (χ4n) is 2.03. The number of rotatable bonds is 11. The average Bonchev–Trinajstić information content (AvgIpc) is 2.19. The molecule has 0 fully saturated rings. The van der Waals surface area contributed by atoms with Crippen LogP contribution in [0.1, 0.15) is 71.1 Å². The van der Waals surface area contributed by atoms with E-state index in [-0.39, 0.29) is 0 Å². The number of halogens is 1. The summed E-state index contributed by atoms with van der Waals surface area (Å²) < 4.78 is 0. The van der Waals surface area contributed by atoms with Crippen LogP contribution in [-0.2, 0) is 0 Å². The van der Waals surface area contributed by atoms with Gasteiger partial charge in [-0.2, -0.15) is 11.1 Å². The minimum absolute atomic E-state index is 1.28. The monoisotopic (exact) mass is 262 g/mol. The first-order chi connectivity index (χ1) is 7.56. The van der Waals surface area contributed by atoms with Crippen LogP contribution in [0.3, 0.4) is 0 Å². The van der Waals surface area contributed by atoms with Crippen molar-refractivity contribution in [3.05, 3.63) is 0 Å². The fourth-order valence-corrected chi connectivity index (χ4v) is 3.52. The van der Waals surface area contributed by atoms with Crippen LogP contribution < -0.4 is 0 Å². The highest BCUT2D eigenvalue weighted by Gasteiger charge is 2.15. The summed E-state index contributed by atoms with van der Waals surface area (Å²) in [4.78, 5) is 0. The molecule has 0 aromatic heterocycles. The molecule has 0 saturated carbocycles. The van der Waals surface area contributed by atoms with E-state index in [0.717, 1.165) is 0 Å². The molecule has 16 heavy (non-hydrogen) atoms. The van der Waals surface area contributed by atoms with Gasteiger partial charge in [-0.3, -0.25) is 0 Å². The lowest BCUT2D eigenvalue weighted by atomic mass is 10.1. The van der Waals surface area contributed by atoms with Gasteiger partial charge in [0, 0.05) is 0 Å². The maximum absolute atomic E-state index is 6.28. The summed E-state index contributed by atoms with van der Waals surface area (Å²) in [5.41, 5.74) is 0. The standard InChI is InChI=1S/C14H31ClSi/c1-4-5-6-7-8-9-10-11-12-13-14-16(2,3)15/h4-14H2,1-3H3. The van der Waals surface area contributed by atoms with Crippen molar-refractivity contribution in [3.8, 4) is 0 Å². The van der Waals surface area contributed by atoms with Crippen LogP contribution in [0.5, 0.6) is 0 Å². The topological polar surface area (TPSA) is 0 Å². The molecule has 0 radical (unpaired) electrons. The van der Waals surface area contributed by atoms with E-state index in [0.29, 0.717) is 0 Å². The van der Waals surface area contributed by atoms with Crippen molar-refractivity contribution in [2.75, 3.05) is 0 Å². The van der Waals surface area contributed by atoms with Crippen LogP contribution in [0, 0.1) is 0 Å². The maximum Gasteiger partial charge on any atom is 0.150 e. The smallest absolute Gasteiger partial charge is 0.150 e. The molecule has 0 amide bonds. The Hall–Kier alpha value is 0.507. The highest BCUT2D eigenvalue weighted by atomic mass is 35.6. The van der Waals surface area contributed by atoms with Crippen molar-refractivity contribution < 1.29 is 0 Å². The average molecular weight is 263 g/mol. The van der Waals surface area contributed by atoms with E-state index in [4.69, 9.17) is 11.1 Å². The zero-order valence-electron chi connectivity index (χ0n) is 11.7. The molecule has 98 valence electrons. The lowest BCUT2D eigenvalue weighted by Gasteiger charge is -2.11. The Morgan fingerprint density at radius 1 is 0.688 bits per heavy atom. The van der Waals surface area contributed by atoms with Gasteiger partial charge in [-0.25, -0.2) is 0 Å². The molecule has 0 heterocycles. The Morgan fingerprint density at radius 2 is 1.06 bits per heavy atom. The van der Waals surface area contributed by atoms with Gasteiger partial charge in [0.1, 0.15) is 7.38 Å². The van der Waals surface area contributed by atoms with E-state index < -0.39 is 7.38 Å². The molecule has 0 unspecified atom stereocenters. The first-order valence-electron chi connectivity index (χ1n) is 7.25. The van der Waals surface area contributed by atoms with Gasteiger partial charge in [-0.15, -0.1) is 0 Å². The largest absolute Gasteiger partial charge is 0.168 e. The Bertz CT molecular complexity index is 140. The fraction of sp³-hybridized carbons (Fsp3) is 1.00. The number of hydrogen-bond donors (Lipinski definition) is 0. The zero-order chi connectivity index (χ0) is 12.3. The molecule has 2 heteroatoms. The summed E-state index contributed by atoms with van der Waals surface area (Å²) in [6, 6.07) is 1.30. The molecule has 0 aromatic rings. The molecule has 0 spiro atoms. The molecule has 0 saturated heterocycles. The molecule has 0 aliphatic carbocycles. The van der Waals surface area contributed by atoms with Gasteiger partial charge in [0.05, 0.1) is 0 Å². The van der Waals surface area contributed by atoms with Gasteiger partial charge >= 0.3 is 0 Å². The molecular weight excluding hydrogens is 232 g/mol. The normalized spacial score (nSPS) is 12.0. The second-order valence-corrected chi connectivity index (χ2v) is 12.7. The second-order valence-electron chi connectivity index (χ2n) is 5.65. The highest BCUT2D eigenvalue weighted by Crippen LogP contribution is 2.19. The summed E-state index contributed by atoms with van der Waals surface area (Å²) in [6.45, 7) is 6.78. The molecule has 0 aliphatic heterocycles. The van der Waals surface area contributed by atoms with E-state index in [2.05, 4.69) is 20.0 Å². The second kappa shape index (κ2) is 10.6. The van der Waals surface area contributed by atoms with Crippen molar-refractivity contribution in [1.29, 1.82) is 0 Å². The van der Waals surface area contributed by atoms with Crippen LogP contribution in [0.2, 0.25) is 19.1 Å². The Kier molecular flexibility index (Phi) is 11.0. The third-order valence-corrected chi connectivity index (χ3v) is 5.23. The Labute approximate surface area is 109 Å². The Morgan fingerprint density at radius 3 is 1.44 bits per heavy atom. The van der Waals surface area contributed by atoms with Crippen molar-refractivity contribution in [3.63, 3.8) is 0 Å². The van der Waals surface area contributed by atoms with Crippen LogP contribution in [0.4, 0.5) is 0 Å². The van der Waals surface area contributed by atoms with E-state index in [1.807, 2.05) is 0 Å².